The average molecular weight is 565 g/mol. The molecule has 0 bridgehead atoms. The van der Waals surface area contributed by atoms with Crippen LogP contribution < -0.4 is 10.6 Å². The minimum Gasteiger partial charge on any atom is -0.356 e. The van der Waals surface area contributed by atoms with Gasteiger partial charge in [-0.2, -0.15) is 0 Å². The van der Waals surface area contributed by atoms with Crippen LogP contribution in [0.5, 0.6) is 0 Å². The lowest BCUT2D eigenvalue weighted by Crippen LogP contribution is -2.59. The topological polar surface area (TPSA) is 105 Å². The van der Waals surface area contributed by atoms with Crippen molar-refractivity contribution < 1.29 is 23.3 Å². The van der Waals surface area contributed by atoms with Crippen molar-refractivity contribution in [3.8, 4) is 0 Å². The molecule has 9 heteroatoms. The van der Waals surface area contributed by atoms with Gasteiger partial charge in [0, 0.05) is 41.0 Å². The Morgan fingerprint density at radius 1 is 1.12 bits per heavy atom. The number of halogens is 1. The Kier molecular flexibility index (Phi) is 9.02. The highest BCUT2D eigenvalue weighted by atomic mass is 19.1. The van der Waals surface area contributed by atoms with E-state index in [0.717, 1.165) is 51.6 Å². The molecule has 3 atom stereocenters. The molecule has 1 aliphatic carbocycles. The maximum absolute atomic E-state index is 14.1. The number of hydrogen-bond donors (Lipinski definition) is 2. The highest BCUT2D eigenvalue weighted by Crippen LogP contribution is 2.47. The van der Waals surface area contributed by atoms with Gasteiger partial charge in [-0.15, -0.1) is 0 Å². The molecule has 3 aliphatic rings. The lowest BCUT2D eigenvalue weighted by molar-refractivity contribution is -0.126. The Morgan fingerprint density at radius 2 is 1.85 bits per heavy atom. The van der Waals surface area contributed by atoms with E-state index >= 15 is 0 Å². The van der Waals surface area contributed by atoms with Crippen molar-refractivity contribution in [1.82, 2.24) is 20.7 Å². The summed E-state index contributed by atoms with van der Waals surface area (Å²) in [6, 6.07) is 3.99. The van der Waals surface area contributed by atoms with Gasteiger partial charge < -0.3 is 9.84 Å². The second-order valence-electron chi connectivity index (χ2n) is 11.7. The molecule has 3 amide bonds. The van der Waals surface area contributed by atoms with Crippen LogP contribution in [-0.2, 0) is 19.9 Å². The van der Waals surface area contributed by atoms with E-state index in [9.17, 15) is 18.8 Å². The number of likely N-dealkylation sites (tertiary alicyclic amines) is 1. The van der Waals surface area contributed by atoms with Crippen molar-refractivity contribution in [3.63, 3.8) is 0 Å². The fourth-order valence-corrected chi connectivity index (χ4v) is 6.81. The average Bonchev–Trinajstić information content (AvgIpc) is 3.52. The number of nitrogens with one attached hydrogen (secondary N) is 2. The van der Waals surface area contributed by atoms with E-state index in [1.54, 1.807) is 18.2 Å². The third-order valence-corrected chi connectivity index (χ3v) is 8.95. The normalized spacial score (nSPS) is 23.6. The van der Waals surface area contributed by atoms with E-state index in [0.29, 0.717) is 28.6 Å². The maximum Gasteiger partial charge on any atom is 0.258 e. The van der Waals surface area contributed by atoms with Crippen molar-refractivity contribution in [3.05, 3.63) is 53.0 Å². The molecule has 220 valence electrons. The van der Waals surface area contributed by atoms with Gasteiger partial charge in [0.2, 0.25) is 5.91 Å². The summed E-state index contributed by atoms with van der Waals surface area (Å²) in [5, 5.41) is 10.7. The first-order valence-corrected chi connectivity index (χ1v) is 15.2. The maximum atomic E-state index is 14.1. The number of carbonyl (C=O) groups is 3. The zero-order valence-electron chi connectivity index (χ0n) is 24.1. The number of piperidine rings is 1. The molecule has 0 saturated carbocycles. The van der Waals surface area contributed by atoms with Gasteiger partial charge in [-0.3, -0.25) is 24.6 Å². The summed E-state index contributed by atoms with van der Waals surface area (Å²) in [5.41, 5.74) is 0.0537. The lowest BCUT2D eigenvalue weighted by atomic mass is 9.67. The van der Waals surface area contributed by atoms with Crippen LogP contribution in [0.15, 0.2) is 46.0 Å². The molecule has 0 radical (unpaired) electrons. The number of fused-ring (bicyclic) bond motifs is 1. The van der Waals surface area contributed by atoms with Crippen LogP contribution >= 0.6 is 0 Å². The molecule has 1 fully saturated rings. The van der Waals surface area contributed by atoms with E-state index in [2.05, 4.69) is 34.5 Å². The predicted molar refractivity (Wildman–Crippen MR) is 154 cm³/mol. The lowest BCUT2D eigenvalue weighted by Gasteiger charge is -2.47. The molecule has 1 aromatic carbocycles. The Hall–Kier alpha value is -3.33. The Labute approximate surface area is 240 Å². The van der Waals surface area contributed by atoms with Crippen LogP contribution in [-0.4, -0.2) is 46.9 Å². The molecular weight excluding hydrogens is 523 g/mol. The summed E-state index contributed by atoms with van der Waals surface area (Å²) in [7, 11) is 0. The van der Waals surface area contributed by atoms with Crippen LogP contribution in [0.1, 0.15) is 90.2 Å². The first-order chi connectivity index (χ1) is 19.9. The quantitative estimate of drug-likeness (QED) is 0.263. The summed E-state index contributed by atoms with van der Waals surface area (Å²) < 4.78 is 19.7. The van der Waals surface area contributed by atoms with Crippen molar-refractivity contribution in [2.24, 2.45) is 5.92 Å². The molecule has 2 aromatic rings. The van der Waals surface area contributed by atoms with Gasteiger partial charge in [-0.25, -0.2) is 4.39 Å². The summed E-state index contributed by atoms with van der Waals surface area (Å²) in [6.07, 6.45) is 14.6. The second kappa shape index (κ2) is 12.7. The highest BCUT2D eigenvalue weighted by Gasteiger charge is 2.54. The van der Waals surface area contributed by atoms with Crippen LogP contribution in [0, 0.1) is 11.7 Å². The number of unbranched alkanes of at least 4 members (excludes halogenated alkanes) is 6. The standard InChI is InChI=1S/C32H41FN4O4/c1-3-4-5-6-7-8-10-13-26(38)35-32(29-23-15-14-22(33)20-25(23)41-36-29)17-16-24-27(31(40)34-30(24)39)28(32)21(2)37-18-11-9-12-19-37/h14-17,20-21,28H,3-13,18-19H2,1-2H3,(H,35,38)(H,34,39,40). The van der Waals surface area contributed by atoms with Gasteiger partial charge in [0.15, 0.2) is 5.58 Å². The number of hydrogen-bond acceptors (Lipinski definition) is 6. The van der Waals surface area contributed by atoms with Gasteiger partial charge in [-0.05, 0) is 51.4 Å². The Bertz CT molecular complexity index is 1360. The zero-order chi connectivity index (χ0) is 29.0. The molecule has 3 heterocycles. The van der Waals surface area contributed by atoms with E-state index in [-0.39, 0.29) is 17.5 Å². The minimum absolute atomic E-state index is 0.161. The summed E-state index contributed by atoms with van der Waals surface area (Å²) in [5.74, 6) is -2.13. The smallest absolute Gasteiger partial charge is 0.258 e. The SMILES string of the molecule is CCCCCCCCCC(=O)NC1(c2noc3cc(F)ccc23)C=CC2=C(C(=O)NC2=O)C1C(C)N1CCCCC1. The van der Waals surface area contributed by atoms with Gasteiger partial charge in [-0.1, -0.05) is 69.2 Å². The molecule has 0 spiro atoms. The van der Waals surface area contributed by atoms with Crippen LogP contribution in [0.25, 0.3) is 11.0 Å². The predicted octanol–water partition coefficient (Wildman–Crippen LogP) is 5.43. The van der Waals surface area contributed by atoms with Crippen molar-refractivity contribution in [2.75, 3.05) is 13.1 Å². The summed E-state index contributed by atoms with van der Waals surface area (Å²) >= 11 is 0. The first-order valence-electron chi connectivity index (χ1n) is 15.2. The molecule has 5 rings (SSSR count). The summed E-state index contributed by atoms with van der Waals surface area (Å²) in [4.78, 5) is 42.1. The minimum atomic E-state index is -1.28. The number of carbonyl (C=O) groups excluding carboxylic acids is 3. The third kappa shape index (κ3) is 5.87. The Morgan fingerprint density at radius 3 is 2.61 bits per heavy atom. The van der Waals surface area contributed by atoms with E-state index < -0.39 is 29.1 Å². The monoisotopic (exact) mass is 564 g/mol. The van der Waals surface area contributed by atoms with Crippen molar-refractivity contribution in [1.29, 1.82) is 0 Å². The first kappa shape index (κ1) is 29.2. The van der Waals surface area contributed by atoms with Gasteiger partial charge in [0.25, 0.3) is 11.8 Å². The van der Waals surface area contributed by atoms with Crippen LogP contribution in [0.2, 0.25) is 0 Å². The van der Waals surface area contributed by atoms with E-state index in [4.69, 9.17) is 4.52 Å². The molecule has 2 N–H and O–H groups in total. The Balaban J connectivity index is 1.53. The number of rotatable bonds is 12. The van der Waals surface area contributed by atoms with E-state index in [1.807, 2.05) is 0 Å². The van der Waals surface area contributed by atoms with Crippen molar-refractivity contribution in [2.45, 2.75) is 96.1 Å². The van der Waals surface area contributed by atoms with Crippen LogP contribution in [0.4, 0.5) is 4.39 Å². The fourth-order valence-electron chi connectivity index (χ4n) is 6.81. The van der Waals surface area contributed by atoms with Gasteiger partial charge >= 0.3 is 0 Å². The van der Waals surface area contributed by atoms with Crippen molar-refractivity contribution >= 4 is 28.7 Å². The summed E-state index contributed by atoms with van der Waals surface area (Å²) in [6.45, 7) is 5.95. The molecule has 3 unspecified atom stereocenters. The number of aromatic nitrogens is 1. The number of benzene rings is 1. The fraction of sp³-hybridized carbons (Fsp3) is 0.562. The third-order valence-electron chi connectivity index (χ3n) is 8.95. The zero-order valence-corrected chi connectivity index (χ0v) is 24.1. The number of amides is 3. The molecular formula is C32H41FN4O4. The van der Waals surface area contributed by atoms with Crippen LogP contribution in [0.3, 0.4) is 0 Å². The molecule has 1 saturated heterocycles. The molecule has 41 heavy (non-hydrogen) atoms. The van der Waals surface area contributed by atoms with Gasteiger partial charge in [0.05, 0.1) is 0 Å². The number of imide groups is 1. The van der Waals surface area contributed by atoms with E-state index in [1.165, 1.54) is 37.8 Å². The highest BCUT2D eigenvalue weighted by molar-refractivity contribution is 6.21. The molecule has 1 aromatic heterocycles. The molecule has 8 nitrogen and oxygen atoms in total. The largest absolute Gasteiger partial charge is 0.356 e. The second-order valence-corrected chi connectivity index (χ2v) is 11.7. The molecule has 2 aliphatic heterocycles. The van der Waals surface area contributed by atoms with Gasteiger partial charge in [0.1, 0.15) is 17.1 Å². The number of nitrogens with zero attached hydrogens (tertiary/aromatic N) is 2.